The van der Waals surface area contributed by atoms with E-state index in [0.29, 0.717) is 0 Å². The number of rotatable bonds is 0. The van der Waals surface area contributed by atoms with Crippen molar-refractivity contribution in [3.05, 3.63) is 0 Å². The molecule has 0 aromatic heterocycles. The van der Waals surface area contributed by atoms with Crippen molar-refractivity contribution < 1.29 is 0 Å². The van der Waals surface area contributed by atoms with Gasteiger partial charge in [0.25, 0.3) is 0 Å². The molecule has 1 N–H and O–H groups in total. The summed E-state index contributed by atoms with van der Waals surface area (Å²) in [5, 5.41) is 3.00. The van der Waals surface area contributed by atoms with Crippen LogP contribution >= 0.6 is 11.8 Å². The Kier molecular flexibility index (Phi) is 1.85. The highest BCUT2D eigenvalue weighted by Crippen LogP contribution is 2.14. The molecule has 0 radical (unpaired) electrons. The summed E-state index contributed by atoms with van der Waals surface area (Å²) in [5.74, 6) is 2.83. The summed E-state index contributed by atoms with van der Waals surface area (Å²) in [7, 11) is 0. The monoisotopic (exact) mass is 103 g/mol. The standard InChI is InChI=1S/C2H5N.C2H4S/c2*1-2-3-1/h3H,1-2H2;1-2H2. The summed E-state index contributed by atoms with van der Waals surface area (Å²) in [6.45, 7) is 2.50. The van der Waals surface area contributed by atoms with Gasteiger partial charge in [-0.05, 0) is 0 Å². The highest BCUT2D eigenvalue weighted by atomic mass is 32.2. The Morgan fingerprint density at radius 2 is 1.50 bits per heavy atom. The smallest absolute Gasteiger partial charge is 0.00772 e. The molecule has 1 nitrogen and oxygen atoms in total. The van der Waals surface area contributed by atoms with Crippen LogP contribution in [0.3, 0.4) is 0 Å². The first kappa shape index (κ1) is 4.47. The molecule has 2 rings (SSSR count). The van der Waals surface area contributed by atoms with Gasteiger partial charge in [-0.15, -0.1) is 0 Å². The zero-order valence-corrected chi connectivity index (χ0v) is 4.55. The molecule has 2 aliphatic heterocycles. The fourth-order valence-electron chi connectivity index (χ4n) is 0. The average molecular weight is 103 g/mol. The van der Waals surface area contributed by atoms with Gasteiger partial charge in [-0.3, -0.25) is 0 Å². The fourth-order valence-corrected chi connectivity index (χ4v) is 0. The van der Waals surface area contributed by atoms with Crippen LogP contribution in [0.5, 0.6) is 0 Å². The molecule has 6 heavy (non-hydrogen) atoms. The van der Waals surface area contributed by atoms with E-state index in [2.05, 4.69) is 5.32 Å². The van der Waals surface area contributed by atoms with Gasteiger partial charge >= 0.3 is 0 Å². The molecule has 0 amide bonds. The second kappa shape index (κ2) is 2.48. The fraction of sp³-hybridized carbons (Fsp3) is 1.00. The first-order valence-corrected chi connectivity index (χ1v) is 3.44. The van der Waals surface area contributed by atoms with Crippen LogP contribution in [0.25, 0.3) is 0 Å². The third-order valence-electron chi connectivity index (χ3n) is 0.454. The number of hydrogen-bond donors (Lipinski definition) is 1. The van der Waals surface area contributed by atoms with E-state index < -0.39 is 0 Å². The third kappa shape index (κ3) is 8.85. The zero-order valence-electron chi connectivity index (χ0n) is 3.74. The summed E-state index contributed by atoms with van der Waals surface area (Å²) < 4.78 is 0. The molecule has 0 saturated carbocycles. The van der Waals surface area contributed by atoms with Crippen LogP contribution in [-0.4, -0.2) is 24.6 Å². The van der Waals surface area contributed by atoms with E-state index in [4.69, 9.17) is 0 Å². The first-order chi connectivity index (χ1) is 3.00. The van der Waals surface area contributed by atoms with E-state index in [9.17, 15) is 0 Å². The molecule has 0 bridgehead atoms. The maximum Gasteiger partial charge on any atom is 0.00772 e. The summed E-state index contributed by atoms with van der Waals surface area (Å²) in [6, 6.07) is 0. The molecule has 0 unspecified atom stereocenters. The summed E-state index contributed by atoms with van der Waals surface area (Å²) in [6.07, 6.45) is 0. The van der Waals surface area contributed by atoms with Gasteiger partial charge in [-0.1, -0.05) is 0 Å². The largest absolute Gasteiger partial charge is 0.314 e. The predicted molar refractivity (Wildman–Crippen MR) is 30.2 cm³/mol. The van der Waals surface area contributed by atoms with Crippen molar-refractivity contribution in [1.29, 1.82) is 0 Å². The third-order valence-corrected chi connectivity index (χ3v) is 0.862. The second-order valence-corrected chi connectivity index (χ2v) is 2.59. The second-order valence-electron chi connectivity index (χ2n) is 1.36. The number of thioether (sulfide) groups is 1. The molecule has 36 valence electrons. The predicted octanol–water partition coefficient (Wildman–Crippen LogP) is 0.323. The Bertz CT molecular complexity index is 23.0. The van der Waals surface area contributed by atoms with Gasteiger partial charge in [0.2, 0.25) is 0 Å². The lowest BCUT2D eigenvalue weighted by Gasteiger charge is -1.21. The summed E-state index contributed by atoms with van der Waals surface area (Å²) in [5.41, 5.74) is 0. The van der Waals surface area contributed by atoms with Crippen molar-refractivity contribution in [2.75, 3.05) is 24.6 Å². The van der Waals surface area contributed by atoms with E-state index in [-0.39, 0.29) is 0 Å². The highest BCUT2D eigenvalue weighted by Gasteiger charge is 1.95. The lowest BCUT2D eigenvalue weighted by molar-refractivity contribution is 1.34. The minimum atomic E-state index is 1.25. The maximum atomic E-state index is 3.00. The van der Waals surface area contributed by atoms with Gasteiger partial charge in [0.05, 0.1) is 0 Å². The number of hydrogen-bond acceptors (Lipinski definition) is 2. The molecule has 0 spiro atoms. The van der Waals surface area contributed by atoms with E-state index in [1.807, 2.05) is 11.8 Å². The van der Waals surface area contributed by atoms with E-state index >= 15 is 0 Å². The Morgan fingerprint density at radius 3 is 1.50 bits per heavy atom. The van der Waals surface area contributed by atoms with Crippen LogP contribution in [0.1, 0.15) is 0 Å². The molecule has 0 aromatic rings. The quantitative estimate of drug-likeness (QED) is 0.446. The zero-order chi connectivity index (χ0) is 4.24. The van der Waals surface area contributed by atoms with Gasteiger partial charge in [-0.2, -0.15) is 11.8 Å². The van der Waals surface area contributed by atoms with Crippen molar-refractivity contribution in [2.45, 2.75) is 0 Å². The highest BCUT2D eigenvalue weighted by molar-refractivity contribution is 8.06. The van der Waals surface area contributed by atoms with Crippen LogP contribution in [-0.2, 0) is 0 Å². The van der Waals surface area contributed by atoms with E-state index in [0.717, 1.165) is 0 Å². The normalized spacial score (nSPS) is 24.0. The van der Waals surface area contributed by atoms with Crippen LogP contribution < -0.4 is 5.32 Å². The van der Waals surface area contributed by atoms with Crippen molar-refractivity contribution >= 4 is 11.8 Å². The molecular formula is C4H9NS. The van der Waals surface area contributed by atoms with Gasteiger partial charge in [0.1, 0.15) is 0 Å². The molecular weight excluding hydrogens is 94.1 g/mol. The molecule has 0 aromatic carbocycles. The maximum absolute atomic E-state index is 3.00. The van der Waals surface area contributed by atoms with Crippen LogP contribution in [0.15, 0.2) is 0 Å². The molecule has 0 aliphatic carbocycles. The summed E-state index contributed by atoms with van der Waals surface area (Å²) >= 11 is 2.00. The lowest BCUT2D eigenvalue weighted by Crippen LogP contribution is -1.56. The first-order valence-electron chi connectivity index (χ1n) is 2.28. The van der Waals surface area contributed by atoms with E-state index in [1.165, 1.54) is 24.6 Å². The topological polar surface area (TPSA) is 21.9 Å². The van der Waals surface area contributed by atoms with Crippen LogP contribution in [0.2, 0.25) is 0 Å². The Hall–Kier alpha value is 0.310. The molecule has 2 heteroatoms. The average Bonchev–Trinajstić information content (AvgIpc) is 2.31. The van der Waals surface area contributed by atoms with Crippen molar-refractivity contribution in [2.24, 2.45) is 0 Å². The Labute approximate surface area is 42.5 Å². The molecule has 2 heterocycles. The van der Waals surface area contributed by atoms with Crippen molar-refractivity contribution in [1.82, 2.24) is 5.32 Å². The molecule has 0 atom stereocenters. The van der Waals surface area contributed by atoms with Crippen LogP contribution in [0.4, 0.5) is 0 Å². The Balaban J connectivity index is 0.0000000600. The van der Waals surface area contributed by atoms with Crippen molar-refractivity contribution in [3.8, 4) is 0 Å². The van der Waals surface area contributed by atoms with Crippen molar-refractivity contribution in [3.63, 3.8) is 0 Å². The van der Waals surface area contributed by atoms with E-state index in [1.54, 1.807) is 0 Å². The van der Waals surface area contributed by atoms with Gasteiger partial charge in [0.15, 0.2) is 0 Å². The minimum Gasteiger partial charge on any atom is -0.314 e. The van der Waals surface area contributed by atoms with Crippen LogP contribution in [0, 0.1) is 0 Å². The summed E-state index contributed by atoms with van der Waals surface area (Å²) in [4.78, 5) is 0. The SMILES string of the molecule is C1CN1.C1CS1. The molecule has 2 saturated heterocycles. The van der Waals surface area contributed by atoms with Gasteiger partial charge in [-0.25, -0.2) is 0 Å². The Morgan fingerprint density at radius 1 is 1.17 bits per heavy atom. The molecule has 2 aliphatic rings. The molecule has 2 fully saturated rings. The lowest BCUT2D eigenvalue weighted by atomic mass is 11.0. The number of nitrogens with one attached hydrogen (secondary N) is 1. The minimum absolute atomic E-state index is 1.25. The van der Waals surface area contributed by atoms with Gasteiger partial charge < -0.3 is 5.32 Å². The van der Waals surface area contributed by atoms with Gasteiger partial charge in [0, 0.05) is 24.6 Å².